The van der Waals surface area contributed by atoms with E-state index in [1.165, 1.54) is 0 Å². The lowest BCUT2D eigenvalue weighted by atomic mass is 10.1. The highest BCUT2D eigenvalue weighted by molar-refractivity contribution is 5.98. The number of fused-ring (bicyclic) bond motifs is 1. The summed E-state index contributed by atoms with van der Waals surface area (Å²) in [7, 11) is 0. The Labute approximate surface area is 151 Å². The molecule has 1 amide bonds. The molecule has 0 spiro atoms. The van der Waals surface area contributed by atoms with Crippen LogP contribution < -0.4 is 10.1 Å². The molecule has 0 heterocycles. The van der Waals surface area contributed by atoms with E-state index in [9.17, 15) is 14.7 Å². The van der Waals surface area contributed by atoms with Crippen LogP contribution in [0, 0.1) is 13.8 Å². The predicted octanol–water partition coefficient (Wildman–Crippen LogP) is 4.17. The molecule has 0 bridgehead atoms. The lowest BCUT2D eigenvalue weighted by Gasteiger charge is -2.12. The number of anilines is 1. The molecule has 0 aliphatic carbocycles. The van der Waals surface area contributed by atoms with Gasteiger partial charge in [-0.2, -0.15) is 0 Å². The number of carbonyl (C=O) groups is 2. The Morgan fingerprint density at radius 2 is 1.58 bits per heavy atom. The molecule has 0 unspecified atom stereocenters. The first kappa shape index (κ1) is 17.5. The van der Waals surface area contributed by atoms with Crippen molar-refractivity contribution in [2.45, 2.75) is 13.8 Å². The molecule has 2 N–H and O–H groups in total. The van der Waals surface area contributed by atoms with E-state index in [1.54, 1.807) is 12.1 Å². The highest BCUT2D eigenvalue weighted by atomic mass is 16.5. The van der Waals surface area contributed by atoms with E-state index in [0.717, 1.165) is 21.9 Å². The average Bonchev–Trinajstić information content (AvgIpc) is 2.58. The van der Waals surface area contributed by atoms with Gasteiger partial charge in [0.05, 0.1) is 0 Å². The van der Waals surface area contributed by atoms with Gasteiger partial charge in [0.1, 0.15) is 11.3 Å². The van der Waals surface area contributed by atoms with Crippen molar-refractivity contribution in [3.63, 3.8) is 0 Å². The molecule has 5 nitrogen and oxygen atoms in total. The van der Waals surface area contributed by atoms with Crippen molar-refractivity contribution >= 4 is 28.3 Å². The molecular weight excluding hydrogens is 330 g/mol. The number of carboxylic acids is 1. The summed E-state index contributed by atoms with van der Waals surface area (Å²) in [6.07, 6.45) is 0. The number of carboxylic acid groups (broad SMARTS) is 1. The second-order valence-corrected chi connectivity index (χ2v) is 6.21. The maximum absolute atomic E-state index is 12.2. The topological polar surface area (TPSA) is 75.6 Å². The largest absolute Gasteiger partial charge is 0.483 e. The fraction of sp³-hybridized carbons (Fsp3) is 0.143. The summed E-state index contributed by atoms with van der Waals surface area (Å²) in [5.41, 5.74) is 2.81. The summed E-state index contributed by atoms with van der Waals surface area (Å²) in [5, 5.41) is 13.8. The Bertz CT molecular complexity index is 974. The smallest absolute Gasteiger partial charge is 0.339 e. The monoisotopic (exact) mass is 349 g/mol. The average molecular weight is 349 g/mol. The molecule has 26 heavy (non-hydrogen) atoms. The van der Waals surface area contributed by atoms with Gasteiger partial charge in [-0.3, -0.25) is 4.79 Å². The number of aryl methyl sites for hydroxylation is 2. The summed E-state index contributed by atoms with van der Waals surface area (Å²) in [6, 6.07) is 16.3. The van der Waals surface area contributed by atoms with Crippen molar-refractivity contribution in [1.29, 1.82) is 0 Å². The third-order valence-corrected chi connectivity index (χ3v) is 3.94. The third kappa shape index (κ3) is 4.00. The molecule has 0 aliphatic heterocycles. The first-order valence-electron chi connectivity index (χ1n) is 8.19. The predicted molar refractivity (Wildman–Crippen MR) is 101 cm³/mol. The van der Waals surface area contributed by atoms with E-state index < -0.39 is 5.97 Å². The minimum absolute atomic E-state index is 0.0305. The summed E-state index contributed by atoms with van der Waals surface area (Å²) >= 11 is 0. The van der Waals surface area contributed by atoms with Crippen molar-refractivity contribution in [2.24, 2.45) is 0 Å². The summed E-state index contributed by atoms with van der Waals surface area (Å²) in [4.78, 5) is 23.7. The molecule has 5 heteroatoms. The molecule has 0 aromatic heterocycles. The second-order valence-electron chi connectivity index (χ2n) is 6.21. The van der Waals surface area contributed by atoms with E-state index in [2.05, 4.69) is 5.32 Å². The number of rotatable bonds is 5. The Morgan fingerprint density at radius 3 is 2.19 bits per heavy atom. The molecule has 132 valence electrons. The van der Waals surface area contributed by atoms with Crippen LogP contribution in [-0.2, 0) is 4.79 Å². The molecule has 3 aromatic carbocycles. The quantitative estimate of drug-likeness (QED) is 0.725. The van der Waals surface area contributed by atoms with Crippen molar-refractivity contribution in [1.82, 2.24) is 0 Å². The van der Waals surface area contributed by atoms with Crippen LogP contribution >= 0.6 is 0 Å². The molecule has 0 radical (unpaired) electrons. The zero-order valence-corrected chi connectivity index (χ0v) is 14.6. The lowest BCUT2D eigenvalue weighted by Crippen LogP contribution is -2.21. The van der Waals surface area contributed by atoms with Crippen LogP contribution in [0.4, 0.5) is 5.69 Å². The Kier molecular flexibility index (Phi) is 4.89. The van der Waals surface area contributed by atoms with Crippen LogP contribution in [0.5, 0.6) is 5.75 Å². The molecule has 0 fully saturated rings. The Balaban J connectivity index is 1.77. The van der Waals surface area contributed by atoms with E-state index in [4.69, 9.17) is 4.74 Å². The number of benzene rings is 3. The minimum atomic E-state index is -1.10. The minimum Gasteiger partial charge on any atom is -0.483 e. The van der Waals surface area contributed by atoms with E-state index in [-0.39, 0.29) is 23.8 Å². The zero-order valence-electron chi connectivity index (χ0n) is 14.6. The van der Waals surface area contributed by atoms with Gasteiger partial charge in [0.25, 0.3) is 5.91 Å². The van der Waals surface area contributed by atoms with Crippen LogP contribution in [0.15, 0.2) is 54.6 Å². The van der Waals surface area contributed by atoms with Gasteiger partial charge in [0.15, 0.2) is 6.61 Å². The molecule has 0 saturated heterocycles. The number of carbonyl (C=O) groups excluding carboxylic acids is 1. The lowest BCUT2D eigenvalue weighted by molar-refractivity contribution is -0.118. The van der Waals surface area contributed by atoms with E-state index in [1.807, 2.05) is 56.3 Å². The Morgan fingerprint density at radius 1 is 0.962 bits per heavy atom. The SMILES string of the molecule is Cc1cc(C)cc(NC(=O)COc2cc3ccccc3cc2C(=O)O)c1. The number of aromatic carboxylic acids is 1. The van der Waals surface area contributed by atoms with Gasteiger partial charge in [-0.25, -0.2) is 4.79 Å². The molecular formula is C21H19NO4. The highest BCUT2D eigenvalue weighted by Crippen LogP contribution is 2.26. The maximum Gasteiger partial charge on any atom is 0.339 e. The third-order valence-electron chi connectivity index (χ3n) is 3.94. The van der Waals surface area contributed by atoms with Gasteiger partial charge in [-0.15, -0.1) is 0 Å². The summed E-state index contributed by atoms with van der Waals surface area (Å²) in [6.45, 7) is 3.63. The van der Waals surface area contributed by atoms with Gasteiger partial charge in [0.2, 0.25) is 0 Å². The van der Waals surface area contributed by atoms with Gasteiger partial charge in [-0.1, -0.05) is 30.3 Å². The number of nitrogens with one attached hydrogen (secondary N) is 1. The summed E-state index contributed by atoms with van der Waals surface area (Å²) in [5.74, 6) is -1.27. The van der Waals surface area contributed by atoms with Gasteiger partial charge < -0.3 is 15.2 Å². The number of hydrogen-bond acceptors (Lipinski definition) is 3. The van der Waals surface area contributed by atoms with Gasteiger partial charge in [0, 0.05) is 5.69 Å². The van der Waals surface area contributed by atoms with Crippen LogP contribution in [-0.4, -0.2) is 23.6 Å². The number of hydrogen-bond donors (Lipinski definition) is 2. The molecule has 0 saturated carbocycles. The highest BCUT2D eigenvalue weighted by Gasteiger charge is 2.14. The fourth-order valence-electron chi connectivity index (χ4n) is 2.89. The molecule has 0 atom stereocenters. The second kappa shape index (κ2) is 7.27. The maximum atomic E-state index is 12.2. The number of amides is 1. The van der Waals surface area contributed by atoms with Crippen molar-refractivity contribution in [3.8, 4) is 5.75 Å². The van der Waals surface area contributed by atoms with E-state index >= 15 is 0 Å². The standard InChI is InChI=1S/C21H19NO4/c1-13-7-14(2)9-17(8-13)22-20(23)12-26-19-11-16-6-4-3-5-15(16)10-18(19)21(24)25/h3-11H,12H2,1-2H3,(H,22,23)(H,24,25). The number of ether oxygens (including phenoxy) is 1. The van der Waals surface area contributed by atoms with Gasteiger partial charge >= 0.3 is 5.97 Å². The van der Waals surface area contributed by atoms with Crippen LogP contribution in [0.25, 0.3) is 10.8 Å². The molecule has 0 aliphatic rings. The fourth-order valence-corrected chi connectivity index (χ4v) is 2.89. The van der Waals surface area contributed by atoms with Crippen LogP contribution in [0.1, 0.15) is 21.5 Å². The van der Waals surface area contributed by atoms with Crippen molar-refractivity contribution in [2.75, 3.05) is 11.9 Å². The zero-order chi connectivity index (χ0) is 18.7. The van der Waals surface area contributed by atoms with Gasteiger partial charge in [-0.05, 0) is 60.0 Å². The first-order valence-corrected chi connectivity index (χ1v) is 8.19. The van der Waals surface area contributed by atoms with Crippen molar-refractivity contribution in [3.05, 3.63) is 71.3 Å². The Hall–Kier alpha value is -3.34. The first-order chi connectivity index (χ1) is 12.4. The summed E-state index contributed by atoms with van der Waals surface area (Å²) < 4.78 is 5.51. The van der Waals surface area contributed by atoms with E-state index in [0.29, 0.717) is 5.69 Å². The van der Waals surface area contributed by atoms with Crippen molar-refractivity contribution < 1.29 is 19.4 Å². The molecule has 3 aromatic rings. The normalized spacial score (nSPS) is 10.5. The van der Waals surface area contributed by atoms with Crippen LogP contribution in [0.2, 0.25) is 0 Å². The van der Waals surface area contributed by atoms with Crippen LogP contribution in [0.3, 0.4) is 0 Å². The molecule has 3 rings (SSSR count).